The van der Waals surface area contributed by atoms with Gasteiger partial charge in [-0.3, -0.25) is 0 Å². The van der Waals surface area contributed by atoms with E-state index < -0.39 is 0 Å². The van der Waals surface area contributed by atoms with Crippen LogP contribution in [0.4, 0.5) is 0 Å². The number of allylic oxidation sites excluding steroid dienone is 2. The lowest BCUT2D eigenvalue weighted by atomic mass is 9.98. The molecule has 0 bridgehead atoms. The summed E-state index contributed by atoms with van der Waals surface area (Å²) in [6.07, 6.45) is 2.21. The van der Waals surface area contributed by atoms with Crippen LogP contribution in [0, 0.1) is 20.8 Å². The van der Waals surface area contributed by atoms with Crippen LogP contribution in [0.25, 0.3) is 6.08 Å². The van der Waals surface area contributed by atoms with Crippen molar-refractivity contribution < 1.29 is 0 Å². The zero-order valence-electron chi connectivity index (χ0n) is 10.4. The third-order valence-corrected chi connectivity index (χ3v) is 2.93. The minimum absolute atomic E-state index is 1.13. The molecule has 0 spiro atoms. The predicted molar refractivity (Wildman–Crippen MR) is 69.1 cm³/mol. The molecule has 0 heteroatoms. The van der Waals surface area contributed by atoms with Gasteiger partial charge >= 0.3 is 0 Å². The summed E-state index contributed by atoms with van der Waals surface area (Å²) in [5.41, 5.74) is 7.73. The average molecular weight is 200 g/mol. The van der Waals surface area contributed by atoms with E-state index in [1.54, 1.807) is 0 Å². The summed E-state index contributed by atoms with van der Waals surface area (Å²) in [7, 11) is 0. The quantitative estimate of drug-likeness (QED) is 0.612. The van der Waals surface area contributed by atoms with Crippen molar-refractivity contribution in [2.45, 2.75) is 34.6 Å². The maximum atomic E-state index is 3.95. The molecule has 0 unspecified atom stereocenters. The number of hydrogen-bond acceptors (Lipinski definition) is 0. The molecule has 0 saturated heterocycles. The molecule has 1 rings (SSSR count). The van der Waals surface area contributed by atoms with Crippen molar-refractivity contribution in [1.29, 1.82) is 0 Å². The third kappa shape index (κ3) is 2.82. The molecule has 1 aromatic carbocycles. The summed E-state index contributed by atoms with van der Waals surface area (Å²) < 4.78 is 0. The Morgan fingerprint density at radius 2 is 1.53 bits per heavy atom. The lowest BCUT2D eigenvalue weighted by molar-refractivity contribution is 1.28. The van der Waals surface area contributed by atoms with E-state index in [-0.39, 0.29) is 0 Å². The molecular weight excluding hydrogens is 180 g/mol. The molecule has 0 saturated carbocycles. The second kappa shape index (κ2) is 4.48. The van der Waals surface area contributed by atoms with Crippen LogP contribution in [0.5, 0.6) is 0 Å². The van der Waals surface area contributed by atoms with Crippen molar-refractivity contribution in [3.63, 3.8) is 0 Å². The van der Waals surface area contributed by atoms with Gasteiger partial charge < -0.3 is 0 Å². The number of aryl methyl sites for hydroxylation is 3. The summed E-state index contributed by atoms with van der Waals surface area (Å²) in [6, 6.07) is 4.49. The van der Waals surface area contributed by atoms with Gasteiger partial charge in [0.25, 0.3) is 0 Å². The maximum absolute atomic E-state index is 3.95. The summed E-state index contributed by atoms with van der Waals surface area (Å²) >= 11 is 0. The van der Waals surface area contributed by atoms with Crippen molar-refractivity contribution in [2.75, 3.05) is 0 Å². The van der Waals surface area contributed by atoms with E-state index in [1.165, 1.54) is 27.8 Å². The van der Waals surface area contributed by atoms with Crippen molar-refractivity contribution in [3.05, 3.63) is 52.1 Å². The van der Waals surface area contributed by atoms with Crippen LogP contribution in [-0.4, -0.2) is 0 Å². The van der Waals surface area contributed by atoms with Crippen LogP contribution < -0.4 is 0 Å². The van der Waals surface area contributed by atoms with Crippen molar-refractivity contribution in [1.82, 2.24) is 0 Å². The van der Waals surface area contributed by atoms with Crippen LogP contribution in [-0.2, 0) is 0 Å². The second-order valence-corrected chi connectivity index (χ2v) is 4.40. The molecular formula is C15H20. The van der Waals surface area contributed by atoms with Crippen molar-refractivity contribution >= 4 is 6.08 Å². The topological polar surface area (TPSA) is 0 Å². The fraction of sp³-hybridized carbons (Fsp3) is 0.333. The first-order valence-electron chi connectivity index (χ1n) is 5.34. The van der Waals surface area contributed by atoms with Crippen molar-refractivity contribution in [2.24, 2.45) is 0 Å². The van der Waals surface area contributed by atoms with Crippen LogP contribution in [0.2, 0.25) is 0 Å². The van der Waals surface area contributed by atoms with E-state index in [1.807, 2.05) is 6.92 Å². The minimum Gasteiger partial charge on any atom is -0.0958 e. The number of benzene rings is 1. The van der Waals surface area contributed by atoms with Crippen LogP contribution in [0.15, 0.2) is 29.9 Å². The Morgan fingerprint density at radius 1 is 1.00 bits per heavy atom. The highest BCUT2D eigenvalue weighted by Gasteiger charge is 2.00. The molecule has 0 atom stereocenters. The second-order valence-electron chi connectivity index (χ2n) is 4.40. The zero-order valence-corrected chi connectivity index (χ0v) is 10.4. The van der Waals surface area contributed by atoms with Gasteiger partial charge in [0.1, 0.15) is 0 Å². The van der Waals surface area contributed by atoms with E-state index in [0.29, 0.717) is 0 Å². The first kappa shape index (κ1) is 11.8. The van der Waals surface area contributed by atoms with Gasteiger partial charge in [0, 0.05) is 0 Å². The Kier molecular flexibility index (Phi) is 3.52. The SMILES string of the molecule is C=C(C)/C(C)=C\c1cc(C)c(C)cc1C. The summed E-state index contributed by atoms with van der Waals surface area (Å²) in [6.45, 7) is 14.6. The highest BCUT2D eigenvalue weighted by Crippen LogP contribution is 2.19. The van der Waals surface area contributed by atoms with Crippen molar-refractivity contribution in [3.8, 4) is 0 Å². The molecule has 0 fully saturated rings. The van der Waals surface area contributed by atoms with Gasteiger partial charge in [-0.1, -0.05) is 30.4 Å². The largest absolute Gasteiger partial charge is 0.0958 e. The van der Waals surface area contributed by atoms with Gasteiger partial charge in [0.2, 0.25) is 0 Å². The summed E-state index contributed by atoms with van der Waals surface area (Å²) in [4.78, 5) is 0. The number of hydrogen-bond donors (Lipinski definition) is 0. The van der Waals surface area contributed by atoms with Gasteiger partial charge in [-0.2, -0.15) is 0 Å². The van der Waals surface area contributed by atoms with Crippen LogP contribution >= 0.6 is 0 Å². The van der Waals surface area contributed by atoms with Crippen LogP contribution in [0.3, 0.4) is 0 Å². The Hall–Kier alpha value is -1.30. The Balaban J connectivity index is 3.22. The molecule has 0 aliphatic rings. The Bertz CT molecular complexity index is 420. The first-order chi connectivity index (χ1) is 6.91. The molecule has 80 valence electrons. The fourth-order valence-electron chi connectivity index (χ4n) is 1.49. The zero-order chi connectivity index (χ0) is 11.6. The van der Waals surface area contributed by atoms with Crippen LogP contribution in [0.1, 0.15) is 36.1 Å². The molecule has 15 heavy (non-hydrogen) atoms. The van der Waals surface area contributed by atoms with Gasteiger partial charge in [0.05, 0.1) is 0 Å². The standard InChI is InChI=1S/C15H20/c1-10(2)11(3)8-15-9-13(5)12(4)7-14(15)6/h7-9H,1H2,2-6H3/b11-8-. The Morgan fingerprint density at radius 3 is 2.07 bits per heavy atom. The van der Waals surface area contributed by atoms with E-state index >= 15 is 0 Å². The summed E-state index contributed by atoms with van der Waals surface area (Å²) in [5, 5.41) is 0. The fourth-order valence-corrected chi connectivity index (χ4v) is 1.49. The molecule has 0 heterocycles. The molecule has 0 radical (unpaired) electrons. The molecule has 1 aromatic rings. The summed E-state index contributed by atoms with van der Waals surface area (Å²) in [5.74, 6) is 0. The molecule has 0 aliphatic heterocycles. The smallest absolute Gasteiger partial charge is 0.0222 e. The van der Waals surface area contributed by atoms with Gasteiger partial charge in [-0.25, -0.2) is 0 Å². The lowest BCUT2D eigenvalue weighted by Crippen LogP contribution is -1.88. The van der Waals surface area contributed by atoms with Gasteiger partial charge in [-0.15, -0.1) is 0 Å². The minimum atomic E-state index is 1.13. The average Bonchev–Trinajstić information content (AvgIpc) is 2.13. The highest BCUT2D eigenvalue weighted by atomic mass is 14.1. The predicted octanol–water partition coefficient (Wildman–Crippen LogP) is 4.59. The van der Waals surface area contributed by atoms with E-state index in [4.69, 9.17) is 0 Å². The van der Waals surface area contributed by atoms with E-state index in [2.05, 4.69) is 52.5 Å². The third-order valence-electron chi connectivity index (χ3n) is 2.93. The van der Waals surface area contributed by atoms with Gasteiger partial charge in [-0.05, 0) is 62.4 Å². The molecule has 0 amide bonds. The Labute approximate surface area is 93.3 Å². The molecule has 0 N–H and O–H groups in total. The van der Waals surface area contributed by atoms with E-state index in [0.717, 1.165) is 5.57 Å². The lowest BCUT2D eigenvalue weighted by Gasteiger charge is -2.07. The monoisotopic (exact) mass is 200 g/mol. The maximum Gasteiger partial charge on any atom is -0.0222 e. The molecule has 0 nitrogen and oxygen atoms in total. The molecule has 0 aromatic heterocycles. The number of rotatable bonds is 2. The molecule has 0 aliphatic carbocycles. The first-order valence-corrected chi connectivity index (χ1v) is 5.34. The van der Waals surface area contributed by atoms with E-state index in [9.17, 15) is 0 Å². The van der Waals surface area contributed by atoms with Gasteiger partial charge in [0.15, 0.2) is 0 Å². The normalized spacial score (nSPS) is 11.7. The highest BCUT2D eigenvalue weighted by molar-refractivity contribution is 5.61.